The lowest BCUT2D eigenvalue weighted by molar-refractivity contribution is -0.143. The molecule has 0 fully saturated rings. The number of carbonyl (C=O) groups excluding carboxylic acids is 3. The highest BCUT2D eigenvalue weighted by atomic mass is 32.1. The molecule has 0 saturated heterocycles. The lowest BCUT2D eigenvalue weighted by Gasteiger charge is -2.23. The molecule has 0 aromatic heterocycles. The highest BCUT2D eigenvalue weighted by molar-refractivity contribution is 7.80. The Kier molecular flexibility index (Phi) is 11.6. The van der Waals surface area contributed by atoms with Crippen LogP contribution in [0.2, 0.25) is 0 Å². The van der Waals surface area contributed by atoms with Gasteiger partial charge in [-0.15, -0.1) is 0 Å². The fourth-order valence-electron chi connectivity index (χ4n) is 2.01. The Morgan fingerprint density at radius 3 is 1.74 bits per heavy atom. The van der Waals surface area contributed by atoms with Crippen LogP contribution in [-0.2, 0) is 19.2 Å². The van der Waals surface area contributed by atoms with Crippen LogP contribution in [0.1, 0.15) is 20.3 Å². The summed E-state index contributed by atoms with van der Waals surface area (Å²) in [6.45, 7) is 2.08. The van der Waals surface area contributed by atoms with Gasteiger partial charge in [0.1, 0.15) is 18.1 Å². The van der Waals surface area contributed by atoms with Crippen molar-refractivity contribution in [3.63, 3.8) is 0 Å². The molecule has 0 aliphatic heterocycles. The fourth-order valence-corrected chi connectivity index (χ4v) is 2.27. The van der Waals surface area contributed by atoms with Gasteiger partial charge in [0.2, 0.25) is 17.7 Å². The molecule has 0 spiro atoms. The number of hydrogen-bond donors (Lipinski definition) is 8. The number of thiol groups is 1. The molecule has 11 nitrogen and oxygen atoms in total. The van der Waals surface area contributed by atoms with Crippen molar-refractivity contribution >= 4 is 36.3 Å². The summed E-state index contributed by atoms with van der Waals surface area (Å²) in [6.07, 6.45) is 0.409. The minimum absolute atomic E-state index is 0.0971. The van der Waals surface area contributed by atoms with Crippen LogP contribution in [0, 0.1) is 5.92 Å². The first-order valence-electron chi connectivity index (χ1n) is 8.29. The van der Waals surface area contributed by atoms with Gasteiger partial charge in [-0.3, -0.25) is 14.4 Å². The quantitative estimate of drug-likeness (QED) is 0.155. The van der Waals surface area contributed by atoms with Crippen LogP contribution in [0.25, 0.3) is 0 Å². The molecular weight excluding hydrogens is 380 g/mol. The number of amides is 3. The van der Waals surface area contributed by atoms with E-state index >= 15 is 0 Å². The highest BCUT2D eigenvalue weighted by Crippen LogP contribution is 2.03. The normalized spacial score (nSPS) is 15.4. The Hall–Kier alpha value is -1.89. The van der Waals surface area contributed by atoms with Gasteiger partial charge in [-0.25, -0.2) is 4.79 Å². The Morgan fingerprint density at radius 2 is 1.33 bits per heavy atom. The molecule has 0 aliphatic carbocycles. The van der Waals surface area contributed by atoms with Crippen LogP contribution < -0.4 is 21.7 Å². The molecule has 4 atom stereocenters. The molecule has 27 heavy (non-hydrogen) atoms. The predicted octanol–water partition coefficient (Wildman–Crippen LogP) is -3.19. The number of aliphatic carboxylic acids is 1. The van der Waals surface area contributed by atoms with E-state index in [0.717, 1.165) is 0 Å². The number of rotatable bonds is 12. The SMILES string of the molecule is CC(C)CC(N)C(=O)NC(CS)C(=O)NC(CO)C(=O)NC(CO)C(=O)O. The van der Waals surface area contributed by atoms with Gasteiger partial charge in [-0.2, -0.15) is 12.6 Å². The van der Waals surface area contributed by atoms with E-state index in [-0.39, 0.29) is 11.7 Å². The minimum Gasteiger partial charge on any atom is -0.480 e. The number of carbonyl (C=O) groups is 4. The number of carboxylic acids is 1. The number of hydrogen-bond acceptors (Lipinski definition) is 8. The summed E-state index contributed by atoms with van der Waals surface area (Å²) < 4.78 is 0. The molecule has 3 amide bonds. The van der Waals surface area contributed by atoms with Crippen molar-refractivity contribution in [3.8, 4) is 0 Å². The van der Waals surface area contributed by atoms with E-state index in [1.807, 2.05) is 19.2 Å². The van der Waals surface area contributed by atoms with Crippen molar-refractivity contribution in [2.45, 2.75) is 44.4 Å². The third kappa shape index (κ3) is 9.04. The molecule has 156 valence electrons. The standard InChI is InChI=1S/C15H28N4O7S/c1-7(2)3-8(16)12(22)19-11(6-27)14(24)17-9(4-20)13(23)18-10(5-21)15(25)26/h7-11,20-21,27H,3-6,16H2,1-2H3,(H,17,24)(H,18,23)(H,19,22)(H,25,26). The summed E-state index contributed by atoms with van der Waals surface area (Å²) in [6, 6.07) is -5.00. The fraction of sp³-hybridized carbons (Fsp3) is 0.733. The van der Waals surface area contributed by atoms with E-state index in [9.17, 15) is 24.3 Å². The van der Waals surface area contributed by atoms with Crippen LogP contribution in [0.15, 0.2) is 0 Å². The van der Waals surface area contributed by atoms with Gasteiger partial charge in [0.15, 0.2) is 0 Å². The summed E-state index contributed by atoms with van der Waals surface area (Å²) in [5, 5.41) is 33.6. The topological polar surface area (TPSA) is 191 Å². The molecular formula is C15H28N4O7S. The number of nitrogens with one attached hydrogen (secondary N) is 3. The average molecular weight is 408 g/mol. The van der Waals surface area contributed by atoms with E-state index < -0.39 is 61.1 Å². The summed E-state index contributed by atoms with van der Waals surface area (Å²) in [7, 11) is 0. The average Bonchev–Trinajstić information content (AvgIpc) is 2.60. The molecule has 0 bridgehead atoms. The van der Waals surface area contributed by atoms with Crippen molar-refractivity contribution in [3.05, 3.63) is 0 Å². The maximum Gasteiger partial charge on any atom is 0.328 e. The maximum absolute atomic E-state index is 12.2. The van der Waals surface area contributed by atoms with Crippen molar-refractivity contribution in [1.29, 1.82) is 0 Å². The highest BCUT2D eigenvalue weighted by Gasteiger charge is 2.29. The number of aliphatic hydroxyl groups is 2. The van der Waals surface area contributed by atoms with E-state index in [4.69, 9.17) is 15.9 Å². The lowest BCUT2D eigenvalue weighted by atomic mass is 10.0. The second kappa shape index (κ2) is 12.5. The van der Waals surface area contributed by atoms with Crippen LogP contribution in [-0.4, -0.2) is 82.1 Å². The molecule has 0 heterocycles. The van der Waals surface area contributed by atoms with Gasteiger partial charge < -0.3 is 37.0 Å². The van der Waals surface area contributed by atoms with E-state index in [1.165, 1.54) is 0 Å². The van der Waals surface area contributed by atoms with Gasteiger partial charge in [-0.05, 0) is 12.3 Å². The van der Waals surface area contributed by atoms with Crippen LogP contribution in [0.4, 0.5) is 0 Å². The van der Waals surface area contributed by atoms with Gasteiger partial charge in [0, 0.05) is 5.75 Å². The van der Waals surface area contributed by atoms with Gasteiger partial charge in [0.25, 0.3) is 0 Å². The van der Waals surface area contributed by atoms with Crippen LogP contribution in [0.5, 0.6) is 0 Å². The molecule has 0 rings (SSSR count). The van der Waals surface area contributed by atoms with Crippen molar-refractivity contribution in [2.24, 2.45) is 11.7 Å². The Labute approximate surface area is 162 Å². The van der Waals surface area contributed by atoms with E-state index in [1.54, 1.807) is 0 Å². The molecule has 0 aromatic rings. The second-order valence-corrected chi connectivity index (χ2v) is 6.67. The Morgan fingerprint density at radius 1 is 0.889 bits per heavy atom. The monoisotopic (exact) mass is 408 g/mol. The maximum atomic E-state index is 12.2. The van der Waals surface area contributed by atoms with Crippen LogP contribution in [0.3, 0.4) is 0 Å². The molecule has 4 unspecified atom stereocenters. The zero-order valence-corrected chi connectivity index (χ0v) is 16.1. The lowest BCUT2D eigenvalue weighted by Crippen LogP contribution is -2.59. The van der Waals surface area contributed by atoms with Crippen LogP contribution >= 0.6 is 12.6 Å². The molecule has 12 heteroatoms. The van der Waals surface area contributed by atoms with Gasteiger partial charge >= 0.3 is 5.97 Å². The predicted molar refractivity (Wildman–Crippen MR) is 98.9 cm³/mol. The smallest absolute Gasteiger partial charge is 0.328 e. The number of aliphatic hydroxyl groups excluding tert-OH is 2. The van der Waals surface area contributed by atoms with Crippen molar-refractivity contribution in [1.82, 2.24) is 16.0 Å². The third-order valence-electron chi connectivity index (χ3n) is 3.49. The largest absolute Gasteiger partial charge is 0.480 e. The van der Waals surface area contributed by atoms with E-state index in [2.05, 4.69) is 23.3 Å². The van der Waals surface area contributed by atoms with Gasteiger partial charge in [-0.1, -0.05) is 13.8 Å². The molecule has 0 aliphatic rings. The second-order valence-electron chi connectivity index (χ2n) is 6.31. The molecule has 0 saturated carbocycles. The summed E-state index contributed by atoms with van der Waals surface area (Å²) in [5.74, 6) is -3.78. The summed E-state index contributed by atoms with van der Waals surface area (Å²) in [4.78, 5) is 47.1. The molecule has 0 aromatic carbocycles. The Bertz CT molecular complexity index is 532. The van der Waals surface area contributed by atoms with E-state index in [0.29, 0.717) is 6.42 Å². The number of carboxylic acid groups (broad SMARTS) is 1. The molecule has 0 radical (unpaired) electrons. The van der Waals surface area contributed by atoms with Crippen molar-refractivity contribution < 1.29 is 34.5 Å². The van der Waals surface area contributed by atoms with Crippen molar-refractivity contribution in [2.75, 3.05) is 19.0 Å². The first kappa shape index (κ1) is 25.1. The third-order valence-corrected chi connectivity index (χ3v) is 3.86. The zero-order chi connectivity index (χ0) is 21.1. The zero-order valence-electron chi connectivity index (χ0n) is 15.2. The minimum atomic E-state index is -1.59. The Balaban J connectivity index is 4.88. The molecule has 8 N–H and O–H groups in total. The van der Waals surface area contributed by atoms with Gasteiger partial charge in [0.05, 0.1) is 19.3 Å². The number of nitrogens with two attached hydrogens (primary N) is 1. The first-order valence-corrected chi connectivity index (χ1v) is 8.92. The summed E-state index contributed by atoms with van der Waals surface area (Å²) >= 11 is 3.98. The summed E-state index contributed by atoms with van der Waals surface area (Å²) in [5.41, 5.74) is 5.74. The first-order chi connectivity index (χ1) is 12.6.